The smallest absolute Gasteiger partial charge is 0.251 e. The fraction of sp³-hybridized carbons (Fsp3) is 0.250. The Balaban J connectivity index is 1.37. The van der Waals surface area contributed by atoms with Crippen LogP contribution in [0.5, 0.6) is 0 Å². The van der Waals surface area contributed by atoms with Crippen molar-refractivity contribution < 1.29 is 18.4 Å². The second kappa shape index (κ2) is 7.38. The molecule has 8 heteroatoms. The van der Waals surface area contributed by atoms with Crippen molar-refractivity contribution in [1.29, 1.82) is 0 Å². The highest BCUT2D eigenvalue weighted by molar-refractivity contribution is 5.99. The Morgan fingerprint density at radius 1 is 1.11 bits per heavy atom. The van der Waals surface area contributed by atoms with E-state index in [4.69, 9.17) is 0 Å². The quantitative estimate of drug-likeness (QED) is 0.629. The van der Waals surface area contributed by atoms with Gasteiger partial charge >= 0.3 is 0 Å². The van der Waals surface area contributed by atoms with E-state index in [1.165, 1.54) is 6.42 Å². The summed E-state index contributed by atoms with van der Waals surface area (Å²) >= 11 is 0. The largest absolute Gasteiger partial charge is 0.343 e. The predicted octanol–water partition coefficient (Wildman–Crippen LogP) is 3.48. The monoisotopic (exact) mass is 384 g/mol. The molecule has 0 spiro atoms. The summed E-state index contributed by atoms with van der Waals surface area (Å²) in [5.41, 5.74) is 2.04. The maximum absolute atomic E-state index is 13.2. The first-order valence-electron chi connectivity index (χ1n) is 9.02. The van der Waals surface area contributed by atoms with E-state index in [-0.39, 0.29) is 12.1 Å². The summed E-state index contributed by atoms with van der Waals surface area (Å²) in [5, 5.41) is 5.02. The van der Waals surface area contributed by atoms with E-state index in [2.05, 4.69) is 20.6 Å². The van der Waals surface area contributed by atoms with Gasteiger partial charge in [0.05, 0.1) is 17.6 Å². The first kappa shape index (κ1) is 18.1. The molecule has 3 N–H and O–H groups in total. The number of anilines is 1. The lowest BCUT2D eigenvalue weighted by Gasteiger charge is -2.22. The van der Waals surface area contributed by atoms with Crippen molar-refractivity contribution >= 4 is 28.5 Å². The number of nitrogens with zero attached hydrogens (tertiary/aromatic N) is 1. The lowest BCUT2D eigenvalue weighted by atomic mass is 9.85. The van der Waals surface area contributed by atoms with E-state index in [9.17, 15) is 18.4 Å². The van der Waals surface area contributed by atoms with E-state index in [0.717, 1.165) is 41.8 Å². The molecule has 1 fully saturated rings. The Bertz CT molecular complexity index is 1040. The van der Waals surface area contributed by atoms with E-state index in [1.54, 1.807) is 12.1 Å². The van der Waals surface area contributed by atoms with Crippen LogP contribution < -0.4 is 10.6 Å². The molecular weight excluding hydrogens is 366 g/mol. The third-order valence-corrected chi connectivity index (χ3v) is 4.81. The Kier molecular flexibility index (Phi) is 4.77. The summed E-state index contributed by atoms with van der Waals surface area (Å²) in [7, 11) is 0. The van der Waals surface area contributed by atoms with Crippen LogP contribution in [0.3, 0.4) is 0 Å². The number of aromatic amines is 1. The molecule has 0 bridgehead atoms. The van der Waals surface area contributed by atoms with Crippen molar-refractivity contribution in [2.75, 3.05) is 11.9 Å². The fourth-order valence-electron chi connectivity index (χ4n) is 3.13. The SMILES string of the molecule is O=C(CNC(=O)c1cc(F)cc(F)c1)Nc1ccc2nc(C3CCC3)[nH]c2c1. The standard InChI is InChI=1S/C20H18F2N4O2/c21-13-6-12(7-14(22)8-13)20(28)23-10-18(27)24-15-4-5-16-17(9-15)26-19(25-16)11-2-1-3-11/h4-9,11H,1-3,10H2,(H,23,28)(H,24,27)(H,25,26). The number of hydrogen-bond acceptors (Lipinski definition) is 3. The summed E-state index contributed by atoms with van der Waals surface area (Å²) in [6.07, 6.45) is 3.49. The summed E-state index contributed by atoms with van der Waals surface area (Å²) in [4.78, 5) is 31.9. The fourth-order valence-corrected chi connectivity index (χ4v) is 3.13. The van der Waals surface area contributed by atoms with Gasteiger partial charge in [-0.15, -0.1) is 0 Å². The zero-order valence-electron chi connectivity index (χ0n) is 14.9. The molecule has 1 saturated carbocycles. The minimum Gasteiger partial charge on any atom is -0.343 e. The first-order valence-corrected chi connectivity index (χ1v) is 9.02. The Morgan fingerprint density at radius 2 is 1.86 bits per heavy atom. The van der Waals surface area contributed by atoms with Crippen molar-refractivity contribution in [3.05, 3.63) is 59.4 Å². The van der Waals surface area contributed by atoms with Crippen LogP contribution in [0.4, 0.5) is 14.5 Å². The zero-order valence-corrected chi connectivity index (χ0v) is 14.9. The lowest BCUT2D eigenvalue weighted by Crippen LogP contribution is -2.32. The number of carbonyl (C=O) groups excluding carboxylic acids is 2. The zero-order chi connectivity index (χ0) is 19.7. The number of hydrogen-bond donors (Lipinski definition) is 3. The lowest BCUT2D eigenvalue weighted by molar-refractivity contribution is -0.115. The molecule has 1 heterocycles. The Morgan fingerprint density at radius 3 is 2.54 bits per heavy atom. The van der Waals surface area contributed by atoms with Gasteiger partial charge < -0.3 is 15.6 Å². The van der Waals surface area contributed by atoms with Gasteiger partial charge in [0, 0.05) is 23.2 Å². The van der Waals surface area contributed by atoms with Crippen molar-refractivity contribution in [2.45, 2.75) is 25.2 Å². The molecule has 0 aliphatic heterocycles. The average molecular weight is 384 g/mol. The minimum absolute atomic E-state index is 0.187. The number of benzene rings is 2. The molecule has 4 rings (SSSR count). The van der Waals surface area contributed by atoms with Gasteiger partial charge in [-0.3, -0.25) is 9.59 Å². The molecule has 2 aromatic carbocycles. The number of nitrogens with one attached hydrogen (secondary N) is 3. The average Bonchev–Trinajstić information content (AvgIpc) is 2.99. The van der Waals surface area contributed by atoms with Gasteiger partial charge in [0.25, 0.3) is 5.91 Å². The minimum atomic E-state index is -0.858. The van der Waals surface area contributed by atoms with Gasteiger partial charge in [-0.1, -0.05) is 6.42 Å². The molecule has 0 radical (unpaired) electrons. The molecule has 28 heavy (non-hydrogen) atoms. The van der Waals surface area contributed by atoms with E-state index < -0.39 is 23.4 Å². The molecule has 0 atom stereocenters. The molecule has 144 valence electrons. The van der Waals surface area contributed by atoms with E-state index >= 15 is 0 Å². The van der Waals surface area contributed by atoms with Gasteiger partial charge in [-0.05, 0) is 43.2 Å². The summed E-state index contributed by atoms with van der Waals surface area (Å²) < 4.78 is 26.3. The summed E-state index contributed by atoms with van der Waals surface area (Å²) in [5.74, 6) is -1.45. The highest BCUT2D eigenvalue weighted by Gasteiger charge is 2.22. The van der Waals surface area contributed by atoms with Crippen LogP contribution in [0.15, 0.2) is 36.4 Å². The molecule has 1 aromatic heterocycles. The molecule has 3 aromatic rings. The van der Waals surface area contributed by atoms with Crippen molar-refractivity contribution in [3.63, 3.8) is 0 Å². The highest BCUT2D eigenvalue weighted by Crippen LogP contribution is 2.35. The third-order valence-electron chi connectivity index (χ3n) is 4.81. The van der Waals surface area contributed by atoms with Crippen LogP contribution in [0, 0.1) is 11.6 Å². The number of aromatic nitrogens is 2. The van der Waals surface area contributed by atoms with Gasteiger partial charge in [0.1, 0.15) is 17.5 Å². The molecule has 0 saturated heterocycles. The molecular formula is C20H18F2N4O2. The second-order valence-electron chi connectivity index (χ2n) is 6.87. The summed E-state index contributed by atoms with van der Waals surface area (Å²) in [6, 6.07) is 7.81. The highest BCUT2D eigenvalue weighted by atomic mass is 19.1. The number of rotatable bonds is 5. The number of fused-ring (bicyclic) bond motifs is 1. The first-order chi connectivity index (χ1) is 13.5. The van der Waals surface area contributed by atoms with Crippen LogP contribution in [0.25, 0.3) is 11.0 Å². The van der Waals surface area contributed by atoms with Crippen molar-refractivity contribution in [1.82, 2.24) is 15.3 Å². The Labute approximate surface area is 159 Å². The van der Waals surface area contributed by atoms with Crippen LogP contribution in [-0.2, 0) is 4.79 Å². The second-order valence-corrected chi connectivity index (χ2v) is 6.87. The third kappa shape index (κ3) is 3.85. The number of halogens is 2. The molecule has 6 nitrogen and oxygen atoms in total. The number of imidazole rings is 1. The van der Waals surface area contributed by atoms with Crippen LogP contribution in [0.1, 0.15) is 41.4 Å². The number of H-pyrrole nitrogens is 1. The van der Waals surface area contributed by atoms with Gasteiger partial charge in [-0.2, -0.15) is 0 Å². The van der Waals surface area contributed by atoms with Crippen LogP contribution >= 0.6 is 0 Å². The maximum atomic E-state index is 13.2. The molecule has 1 aliphatic carbocycles. The topological polar surface area (TPSA) is 86.9 Å². The van der Waals surface area contributed by atoms with Crippen LogP contribution in [0.2, 0.25) is 0 Å². The Hall–Kier alpha value is -3.29. The van der Waals surface area contributed by atoms with E-state index in [1.807, 2.05) is 6.07 Å². The molecule has 1 aliphatic rings. The van der Waals surface area contributed by atoms with Crippen molar-refractivity contribution in [2.24, 2.45) is 0 Å². The van der Waals surface area contributed by atoms with Crippen LogP contribution in [-0.4, -0.2) is 28.3 Å². The van der Waals surface area contributed by atoms with Gasteiger partial charge in [-0.25, -0.2) is 13.8 Å². The maximum Gasteiger partial charge on any atom is 0.251 e. The van der Waals surface area contributed by atoms with E-state index in [0.29, 0.717) is 17.7 Å². The van der Waals surface area contributed by atoms with Gasteiger partial charge in [0.2, 0.25) is 5.91 Å². The molecule has 2 amide bonds. The number of amides is 2. The number of carbonyl (C=O) groups is 2. The normalized spacial score (nSPS) is 13.9. The van der Waals surface area contributed by atoms with Gasteiger partial charge in [0.15, 0.2) is 0 Å². The predicted molar refractivity (Wildman–Crippen MR) is 100 cm³/mol. The summed E-state index contributed by atoms with van der Waals surface area (Å²) in [6.45, 7) is -0.328. The van der Waals surface area contributed by atoms with Crippen molar-refractivity contribution in [3.8, 4) is 0 Å². The molecule has 0 unspecified atom stereocenters.